The lowest BCUT2D eigenvalue weighted by atomic mass is 9.95. The predicted octanol–water partition coefficient (Wildman–Crippen LogP) is 3.38. The molecular weight excluding hydrogens is 252 g/mol. The Bertz CT molecular complexity index is 296. The summed E-state index contributed by atoms with van der Waals surface area (Å²) in [5.41, 5.74) is -0.588. The zero-order valence-corrected chi connectivity index (χ0v) is 12.5. The fourth-order valence-corrected chi connectivity index (χ4v) is 0.735. The Morgan fingerprint density at radius 2 is 1.84 bits per heavy atom. The van der Waals surface area contributed by atoms with E-state index >= 15 is 0 Å². The Labute approximate surface area is 114 Å². The van der Waals surface area contributed by atoms with Crippen molar-refractivity contribution in [3.05, 3.63) is 12.7 Å². The number of hydrogen-bond donors (Lipinski definition) is 0. The summed E-state index contributed by atoms with van der Waals surface area (Å²) in [7, 11) is 0. The van der Waals surface area contributed by atoms with Crippen LogP contribution in [0.5, 0.6) is 0 Å². The van der Waals surface area contributed by atoms with E-state index in [4.69, 9.17) is 14.4 Å². The van der Waals surface area contributed by atoms with E-state index in [-0.39, 0.29) is 12.5 Å². The zero-order chi connectivity index (χ0) is 15.1. The first-order valence-electron chi connectivity index (χ1n) is 6.11. The molecule has 0 aromatic rings. The molecule has 0 aromatic heterocycles. The van der Waals surface area contributed by atoms with E-state index in [0.29, 0.717) is 0 Å². The molecule has 19 heavy (non-hydrogen) atoms. The van der Waals surface area contributed by atoms with Crippen molar-refractivity contribution >= 4 is 6.16 Å². The molecule has 6 heteroatoms. The number of ether oxygens (including phenoxy) is 2. The summed E-state index contributed by atoms with van der Waals surface area (Å²) in [6, 6.07) is 0. The molecule has 0 saturated carbocycles. The Morgan fingerprint density at radius 1 is 1.26 bits per heavy atom. The highest BCUT2D eigenvalue weighted by Crippen LogP contribution is 2.21. The summed E-state index contributed by atoms with van der Waals surface area (Å²) in [6.07, 6.45) is 0.495. The van der Waals surface area contributed by atoms with Gasteiger partial charge < -0.3 is 9.47 Å². The lowest BCUT2D eigenvalue weighted by Crippen LogP contribution is -2.34. The van der Waals surface area contributed by atoms with Crippen LogP contribution >= 0.6 is 0 Å². The lowest BCUT2D eigenvalue weighted by Gasteiger charge is -2.26. The number of rotatable bonds is 8. The topological polar surface area (TPSA) is 63.2 Å². The standard InChI is InChI=1S/C13H24O6/c1-8-9-15-13(6,7)16-11(14)17-19-18-12(4,5)10(2)3/h8,10H,1,9H2,2-7H3. The van der Waals surface area contributed by atoms with Crippen LogP contribution in [0.25, 0.3) is 0 Å². The Hall–Kier alpha value is -1.11. The molecule has 6 nitrogen and oxygen atoms in total. The van der Waals surface area contributed by atoms with Crippen LogP contribution in [0, 0.1) is 5.92 Å². The van der Waals surface area contributed by atoms with Crippen molar-refractivity contribution in [2.45, 2.75) is 52.9 Å². The normalized spacial score (nSPS) is 12.4. The van der Waals surface area contributed by atoms with Crippen LogP contribution in [0.3, 0.4) is 0 Å². The van der Waals surface area contributed by atoms with Gasteiger partial charge in [-0.15, -0.1) is 6.58 Å². The van der Waals surface area contributed by atoms with Gasteiger partial charge in [-0.05, 0) is 24.8 Å². The molecular formula is C13H24O6. The van der Waals surface area contributed by atoms with E-state index < -0.39 is 17.5 Å². The van der Waals surface area contributed by atoms with Crippen molar-refractivity contribution in [2.24, 2.45) is 5.92 Å². The highest BCUT2D eigenvalue weighted by Gasteiger charge is 2.28. The molecule has 0 spiro atoms. The van der Waals surface area contributed by atoms with Gasteiger partial charge in [0.25, 0.3) is 0 Å². The minimum atomic E-state index is -1.14. The molecule has 0 aliphatic heterocycles. The number of carbonyl (C=O) groups excluding carboxylic acids is 1. The van der Waals surface area contributed by atoms with E-state index in [1.54, 1.807) is 19.9 Å². The van der Waals surface area contributed by atoms with Crippen LogP contribution in [0.15, 0.2) is 12.7 Å². The second-order valence-electron chi connectivity index (χ2n) is 5.34. The maximum Gasteiger partial charge on any atom is 0.545 e. The third-order valence-corrected chi connectivity index (χ3v) is 2.62. The van der Waals surface area contributed by atoms with E-state index in [0.717, 1.165) is 0 Å². The van der Waals surface area contributed by atoms with Crippen LogP contribution < -0.4 is 0 Å². The third-order valence-electron chi connectivity index (χ3n) is 2.62. The zero-order valence-electron chi connectivity index (χ0n) is 12.5. The average Bonchev–Trinajstić information content (AvgIpc) is 2.25. The van der Waals surface area contributed by atoms with Crippen LogP contribution in [-0.4, -0.2) is 24.2 Å². The van der Waals surface area contributed by atoms with Gasteiger partial charge in [-0.3, -0.25) is 0 Å². The maximum absolute atomic E-state index is 11.3. The smallest absolute Gasteiger partial charge is 0.400 e. The van der Waals surface area contributed by atoms with Gasteiger partial charge in [0.1, 0.15) is 5.60 Å². The van der Waals surface area contributed by atoms with Crippen LogP contribution in [-0.2, 0) is 24.3 Å². The SMILES string of the molecule is C=CCOC(C)(C)OC(=O)OOOC(C)(C)C(C)C. The molecule has 0 radical (unpaired) electrons. The molecule has 0 atom stereocenters. The third kappa shape index (κ3) is 7.81. The fourth-order valence-electron chi connectivity index (χ4n) is 0.735. The molecule has 0 bridgehead atoms. The molecule has 0 aromatic carbocycles. The van der Waals surface area contributed by atoms with Crippen molar-refractivity contribution in [3.63, 3.8) is 0 Å². The van der Waals surface area contributed by atoms with E-state index in [9.17, 15) is 4.79 Å². The van der Waals surface area contributed by atoms with Crippen molar-refractivity contribution in [3.8, 4) is 0 Å². The molecule has 0 saturated heterocycles. The summed E-state index contributed by atoms with van der Waals surface area (Å²) in [5.74, 6) is -0.957. The van der Waals surface area contributed by atoms with E-state index in [2.05, 4.69) is 16.5 Å². The predicted molar refractivity (Wildman–Crippen MR) is 68.9 cm³/mol. The maximum atomic E-state index is 11.3. The molecule has 112 valence electrons. The highest BCUT2D eigenvalue weighted by atomic mass is 17.5. The molecule has 0 rings (SSSR count). The largest absolute Gasteiger partial charge is 0.545 e. The highest BCUT2D eigenvalue weighted by molar-refractivity contribution is 5.59. The van der Waals surface area contributed by atoms with Crippen molar-refractivity contribution in [1.29, 1.82) is 0 Å². The summed E-state index contributed by atoms with van der Waals surface area (Å²) in [5, 5.41) is 4.42. The summed E-state index contributed by atoms with van der Waals surface area (Å²) >= 11 is 0. The van der Waals surface area contributed by atoms with Gasteiger partial charge >= 0.3 is 6.16 Å². The van der Waals surface area contributed by atoms with Crippen LogP contribution in [0.1, 0.15) is 41.5 Å². The molecule has 0 heterocycles. The summed E-state index contributed by atoms with van der Waals surface area (Å²) < 4.78 is 10.1. The first-order chi connectivity index (χ1) is 8.60. The van der Waals surface area contributed by atoms with Crippen LogP contribution in [0.2, 0.25) is 0 Å². The second-order valence-corrected chi connectivity index (χ2v) is 5.34. The summed E-state index contributed by atoms with van der Waals surface area (Å²) in [4.78, 5) is 20.7. The van der Waals surface area contributed by atoms with Crippen molar-refractivity contribution in [2.75, 3.05) is 6.61 Å². The molecule has 0 N–H and O–H groups in total. The van der Waals surface area contributed by atoms with E-state index in [1.807, 2.05) is 27.7 Å². The number of hydrogen-bond acceptors (Lipinski definition) is 6. The Morgan fingerprint density at radius 3 is 2.32 bits per heavy atom. The monoisotopic (exact) mass is 276 g/mol. The molecule has 0 aliphatic carbocycles. The first-order valence-corrected chi connectivity index (χ1v) is 6.11. The molecule has 0 amide bonds. The van der Waals surface area contributed by atoms with Crippen molar-refractivity contribution in [1.82, 2.24) is 0 Å². The van der Waals surface area contributed by atoms with Gasteiger partial charge in [0, 0.05) is 13.8 Å². The van der Waals surface area contributed by atoms with Gasteiger partial charge in [0.05, 0.1) is 6.61 Å². The quantitative estimate of drug-likeness (QED) is 0.223. The molecule has 0 unspecified atom stereocenters. The minimum absolute atomic E-state index is 0.180. The van der Waals surface area contributed by atoms with Gasteiger partial charge in [-0.1, -0.05) is 19.9 Å². The Balaban J connectivity index is 4.03. The van der Waals surface area contributed by atoms with Crippen LogP contribution in [0.4, 0.5) is 4.79 Å². The minimum Gasteiger partial charge on any atom is -0.400 e. The fraction of sp³-hybridized carbons (Fsp3) is 0.769. The van der Waals surface area contributed by atoms with Gasteiger partial charge in [0.15, 0.2) is 0 Å². The van der Waals surface area contributed by atoms with Crippen molar-refractivity contribution < 1.29 is 29.1 Å². The average molecular weight is 276 g/mol. The summed E-state index contributed by atoms with van der Waals surface area (Å²) in [6.45, 7) is 14.4. The van der Waals surface area contributed by atoms with Gasteiger partial charge in [0.2, 0.25) is 5.79 Å². The molecule has 0 fully saturated rings. The van der Waals surface area contributed by atoms with Gasteiger partial charge in [-0.25, -0.2) is 9.68 Å². The van der Waals surface area contributed by atoms with Gasteiger partial charge in [-0.2, -0.15) is 4.89 Å². The first kappa shape index (κ1) is 17.9. The second kappa shape index (κ2) is 7.47. The van der Waals surface area contributed by atoms with E-state index in [1.165, 1.54) is 0 Å². The number of carbonyl (C=O) groups is 1. The lowest BCUT2D eigenvalue weighted by molar-refractivity contribution is -0.522. The Kier molecular flexibility index (Phi) is 7.04. The molecule has 0 aliphatic rings.